The third kappa shape index (κ3) is 3.90. The number of benzene rings is 1. The number of pyridine rings is 1. The predicted molar refractivity (Wildman–Crippen MR) is 87.8 cm³/mol. The van der Waals surface area contributed by atoms with Crippen molar-refractivity contribution < 1.29 is 18.3 Å². The summed E-state index contributed by atoms with van der Waals surface area (Å²) >= 11 is 0. The molecular formula is C19H21F2NO2. The summed E-state index contributed by atoms with van der Waals surface area (Å²) in [4.78, 5) is 3.81. The van der Waals surface area contributed by atoms with Crippen molar-refractivity contribution in [3.8, 4) is 17.0 Å². The molecule has 0 N–H and O–H groups in total. The molecule has 0 radical (unpaired) electrons. The van der Waals surface area contributed by atoms with Crippen LogP contribution < -0.4 is 4.74 Å². The highest BCUT2D eigenvalue weighted by Gasteiger charge is 2.24. The molecule has 1 saturated heterocycles. The van der Waals surface area contributed by atoms with Crippen LogP contribution in [0.4, 0.5) is 8.78 Å². The number of aromatic nitrogens is 1. The monoisotopic (exact) mass is 333 g/mol. The SMILES string of the molecule is CCC1CCOC[C@@H]1COc1ccc(-c2ncc(F)cc2F)cc1. The molecule has 1 aromatic carbocycles. The molecule has 1 aliphatic rings. The van der Waals surface area contributed by atoms with Gasteiger partial charge in [0.25, 0.3) is 0 Å². The third-order valence-corrected chi connectivity index (χ3v) is 4.56. The predicted octanol–water partition coefficient (Wildman–Crippen LogP) is 4.47. The number of rotatable bonds is 5. The van der Waals surface area contributed by atoms with Crippen molar-refractivity contribution in [2.45, 2.75) is 19.8 Å². The lowest BCUT2D eigenvalue weighted by atomic mass is 9.87. The van der Waals surface area contributed by atoms with E-state index in [0.717, 1.165) is 44.1 Å². The average Bonchev–Trinajstić information content (AvgIpc) is 2.61. The van der Waals surface area contributed by atoms with Crippen LogP contribution >= 0.6 is 0 Å². The van der Waals surface area contributed by atoms with Gasteiger partial charge in [-0.1, -0.05) is 13.3 Å². The minimum atomic E-state index is -0.684. The lowest BCUT2D eigenvalue weighted by Gasteiger charge is -2.30. The zero-order valence-corrected chi connectivity index (χ0v) is 13.7. The second kappa shape index (κ2) is 7.71. The third-order valence-electron chi connectivity index (χ3n) is 4.56. The maximum absolute atomic E-state index is 13.8. The highest BCUT2D eigenvalue weighted by atomic mass is 19.1. The molecule has 2 atom stereocenters. The van der Waals surface area contributed by atoms with Crippen LogP contribution in [0.15, 0.2) is 36.5 Å². The summed E-state index contributed by atoms with van der Waals surface area (Å²) < 4.78 is 38.1. The first-order chi connectivity index (χ1) is 11.7. The van der Waals surface area contributed by atoms with E-state index < -0.39 is 11.6 Å². The van der Waals surface area contributed by atoms with Gasteiger partial charge in [0.2, 0.25) is 0 Å². The molecule has 2 heterocycles. The molecule has 0 aliphatic carbocycles. The van der Waals surface area contributed by atoms with Crippen molar-refractivity contribution in [3.63, 3.8) is 0 Å². The summed E-state index contributed by atoms with van der Waals surface area (Å²) in [6, 6.07) is 7.86. The summed E-state index contributed by atoms with van der Waals surface area (Å²) in [5.74, 6) is 0.405. The van der Waals surface area contributed by atoms with E-state index in [4.69, 9.17) is 9.47 Å². The topological polar surface area (TPSA) is 31.4 Å². The van der Waals surface area contributed by atoms with E-state index >= 15 is 0 Å². The van der Waals surface area contributed by atoms with E-state index in [-0.39, 0.29) is 5.69 Å². The normalized spacial score (nSPS) is 20.8. The maximum atomic E-state index is 13.8. The fourth-order valence-electron chi connectivity index (χ4n) is 3.10. The number of nitrogens with zero attached hydrogens (tertiary/aromatic N) is 1. The first-order valence-electron chi connectivity index (χ1n) is 8.29. The Bertz CT molecular complexity index is 676. The van der Waals surface area contributed by atoms with E-state index in [1.807, 2.05) is 0 Å². The van der Waals surface area contributed by atoms with Crippen molar-refractivity contribution in [1.29, 1.82) is 0 Å². The van der Waals surface area contributed by atoms with Crippen molar-refractivity contribution in [2.24, 2.45) is 11.8 Å². The van der Waals surface area contributed by atoms with Crippen molar-refractivity contribution in [3.05, 3.63) is 48.2 Å². The first kappa shape index (κ1) is 16.8. The molecule has 128 valence electrons. The van der Waals surface area contributed by atoms with Gasteiger partial charge in [0.05, 0.1) is 19.4 Å². The average molecular weight is 333 g/mol. The Kier molecular flexibility index (Phi) is 5.41. The summed E-state index contributed by atoms with van der Waals surface area (Å²) in [5, 5.41) is 0. The fraction of sp³-hybridized carbons (Fsp3) is 0.421. The van der Waals surface area contributed by atoms with Gasteiger partial charge >= 0.3 is 0 Å². The van der Waals surface area contributed by atoms with Gasteiger partial charge in [-0.05, 0) is 36.6 Å². The van der Waals surface area contributed by atoms with E-state index in [1.165, 1.54) is 0 Å². The van der Waals surface area contributed by atoms with Crippen LogP contribution in [0.5, 0.6) is 5.75 Å². The van der Waals surface area contributed by atoms with Crippen molar-refractivity contribution >= 4 is 0 Å². The minimum absolute atomic E-state index is 0.134. The lowest BCUT2D eigenvalue weighted by Crippen LogP contribution is -2.31. The Balaban J connectivity index is 1.64. The van der Waals surface area contributed by atoms with Gasteiger partial charge in [0.1, 0.15) is 17.3 Å². The Labute approximate surface area is 140 Å². The van der Waals surface area contributed by atoms with E-state index in [9.17, 15) is 8.78 Å². The highest BCUT2D eigenvalue weighted by Crippen LogP contribution is 2.27. The molecule has 5 heteroatoms. The molecule has 1 fully saturated rings. The van der Waals surface area contributed by atoms with Gasteiger partial charge in [-0.25, -0.2) is 8.78 Å². The zero-order valence-electron chi connectivity index (χ0n) is 13.7. The molecule has 3 rings (SSSR count). The lowest BCUT2D eigenvalue weighted by molar-refractivity contribution is -0.00340. The van der Waals surface area contributed by atoms with Crippen LogP contribution in [-0.2, 0) is 4.74 Å². The van der Waals surface area contributed by atoms with Crippen LogP contribution in [-0.4, -0.2) is 24.8 Å². The van der Waals surface area contributed by atoms with Gasteiger partial charge in [-0.15, -0.1) is 0 Å². The summed E-state index contributed by atoms with van der Waals surface area (Å²) in [7, 11) is 0. The van der Waals surface area contributed by atoms with Gasteiger partial charge in [0.15, 0.2) is 5.82 Å². The molecule has 1 aromatic heterocycles. The van der Waals surface area contributed by atoms with Crippen molar-refractivity contribution in [2.75, 3.05) is 19.8 Å². The Morgan fingerprint density at radius 3 is 2.71 bits per heavy atom. The Morgan fingerprint density at radius 1 is 1.21 bits per heavy atom. The summed E-state index contributed by atoms with van der Waals surface area (Å²) in [6.07, 6.45) is 3.22. The molecule has 0 spiro atoms. The van der Waals surface area contributed by atoms with E-state index in [2.05, 4.69) is 11.9 Å². The van der Waals surface area contributed by atoms with Crippen LogP contribution in [0.3, 0.4) is 0 Å². The van der Waals surface area contributed by atoms with Gasteiger partial charge in [0, 0.05) is 24.2 Å². The Hall–Kier alpha value is -2.01. The molecule has 1 aliphatic heterocycles. The highest BCUT2D eigenvalue weighted by molar-refractivity contribution is 5.60. The quantitative estimate of drug-likeness (QED) is 0.809. The second-order valence-electron chi connectivity index (χ2n) is 6.11. The number of halogens is 2. The molecule has 0 saturated carbocycles. The molecule has 0 bridgehead atoms. The molecule has 0 amide bonds. The van der Waals surface area contributed by atoms with E-state index in [0.29, 0.717) is 24.0 Å². The van der Waals surface area contributed by atoms with Crippen LogP contribution in [0.1, 0.15) is 19.8 Å². The molecular weight excluding hydrogens is 312 g/mol. The summed E-state index contributed by atoms with van der Waals surface area (Å²) in [6.45, 7) is 4.38. The Morgan fingerprint density at radius 2 is 2.00 bits per heavy atom. The standard InChI is InChI=1S/C19H21F2NO2/c1-2-13-7-8-23-11-15(13)12-24-17-5-3-14(4-6-17)19-18(21)9-16(20)10-22-19/h3-6,9-10,13,15H,2,7-8,11-12H2,1H3/t13?,15-/m1/s1. The van der Waals surface area contributed by atoms with Crippen molar-refractivity contribution in [1.82, 2.24) is 4.98 Å². The summed E-state index contributed by atoms with van der Waals surface area (Å²) in [5.41, 5.74) is 0.724. The molecule has 3 nitrogen and oxygen atoms in total. The maximum Gasteiger partial charge on any atom is 0.152 e. The fourth-order valence-corrected chi connectivity index (χ4v) is 3.10. The molecule has 2 aromatic rings. The molecule has 1 unspecified atom stereocenters. The smallest absolute Gasteiger partial charge is 0.152 e. The zero-order chi connectivity index (χ0) is 16.9. The van der Waals surface area contributed by atoms with Crippen LogP contribution in [0.2, 0.25) is 0 Å². The number of hydrogen-bond donors (Lipinski definition) is 0. The minimum Gasteiger partial charge on any atom is -0.493 e. The van der Waals surface area contributed by atoms with Gasteiger partial charge in [-0.2, -0.15) is 0 Å². The van der Waals surface area contributed by atoms with Gasteiger partial charge in [-0.3, -0.25) is 4.98 Å². The van der Waals surface area contributed by atoms with Crippen LogP contribution in [0.25, 0.3) is 11.3 Å². The second-order valence-corrected chi connectivity index (χ2v) is 6.11. The first-order valence-corrected chi connectivity index (χ1v) is 8.29. The number of hydrogen-bond acceptors (Lipinski definition) is 3. The van der Waals surface area contributed by atoms with E-state index in [1.54, 1.807) is 24.3 Å². The van der Waals surface area contributed by atoms with Gasteiger partial charge < -0.3 is 9.47 Å². The number of ether oxygens (including phenoxy) is 2. The molecule has 24 heavy (non-hydrogen) atoms. The van der Waals surface area contributed by atoms with Crippen LogP contribution in [0, 0.1) is 23.5 Å². The largest absolute Gasteiger partial charge is 0.493 e.